The molecular formula is C38H41Cl2N3O5S. The molecule has 0 aromatic heterocycles. The van der Waals surface area contributed by atoms with Crippen LogP contribution < -0.4 is 14.4 Å². The number of amides is 2. The number of hydrogen-bond donors (Lipinski definition) is 1. The van der Waals surface area contributed by atoms with E-state index >= 15 is 0 Å². The molecule has 49 heavy (non-hydrogen) atoms. The summed E-state index contributed by atoms with van der Waals surface area (Å²) >= 11 is 12.6. The minimum Gasteiger partial charge on any atom is -0.497 e. The number of aryl methyl sites for hydroxylation is 1. The van der Waals surface area contributed by atoms with Gasteiger partial charge >= 0.3 is 0 Å². The molecule has 4 aromatic carbocycles. The average Bonchev–Trinajstić information content (AvgIpc) is 3.11. The van der Waals surface area contributed by atoms with Gasteiger partial charge in [-0.15, -0.1) is 0 Å². The van der Waals surface area contributed by atoms with Crippen LogP contribution >= 0.6 is 23.2 Å². The molecule has 1 atom stereocenters. The number of ether oxygens (including phenoxy) is 1. The highest BCUT2D eigenvalue weighted by Gasteiger charge is 2.35. The van der Waals surface area contributed by atoms with E-state index in [1.807, 2.05) is 37.3 Å². The summed E-state index contributed by atoms with van der Waals surface area (Å²) in [4.78, 5) is 30.5. The standard InChI is InChI=1S/C38H41Cl2N3O5S/c1-27-13-20-33(21-14-27)49(46,47)43(31-16-18-32(48-2)19-17-31)26-37(44)42(25-29-15-22-34(39)35(40)23-29)36(24-28-9-5-3-6-10-28)38(45)41-30-11-7-4-8-12-30/h3,5-6,9-10,13-23,30,36H,4,7-8,11-12,24-26H2,1-2H3,(H,41,45)/t36-/m1/s1. The fraction of sp³-hybridized carbons (Fsp3) is 0.316. The molecule has 8 nitrogen and oxygen atoms in total. The number of benzene rings is 4. The van der Waals surface area contributed by atoms with Crippen molar-refractivity contribution >= 4 is 50.7 Å². The van der Waals surface area contributed by atoms with E-state index in [-0.39, 0.29) is 35.5 Å². The molecule has 0 bridgehead atoms. The molecule has 258 valence electrons. The Morgan fingerprint density at radius 3 is 2.16 bits per heavy atom. The van der Waals surface area contributed by atoms with Crippen molar-refractivity contribution in [3.63, 3.8) is 0 Å². The van der Waals surface area contributed by atoms with E-state index in [1.54, 1.807) is 54.6 Å². The third-order valence-electron chi connectivity index (χ3n) is 8.81. The van der Waals surface area contributed by atoms with E-state index in [0.717, 1.165) is 47.5 Å². The zero-order valence-electron chi connectivity index (χ0n) is 27.6. The van der Waals surface area contributed by atoms with Gasteiger partial charge in [0.1, 0.15) is 18.3 Å². The van der Waals surface area contributed by atoms with Crippen molar-refractivity contribution < 1.29 is 22.7 Å². The molecule has 0 heterocycles. The van der Waals surface area contributed by atoms with Crippen LogP contribution in [0.5, 0.6) is 5.75 Å². The van der Waals surface area contributed by atoms with Crippen LogP contribution in [0.15, 0.2) is 102 Å². The molecule has 0 unspecified atom stereocenters. The second kappa shape index (κ2) is 16.6. The maximum absolute atomic E-state index is 14.7. The Bertz CT molecular complexity index is 1830. The fourth-order valence-electron chi connectivity index (χ4n) is 6.05. The predicted octanol–water partition coefficient (Wildman–Crippen LogP) is 7.59. The van der Waals surface area contributed by atoms with Crippen LogP contribution in [0.4, 0.5) is 5.69 Å². The molecule has 0 spiro atoms. The third kappa shape index (κ3) is 9.35. The van der Waals surface area contributed by atoms with E-state index in [1.165, 1.54) is 24.1 Å². The lowest BCUT2D eigenvalue weighted by atomic mass is 9.94. The number of carbonyl (C=O) groups is 2. The monoisotopic (exact) mass is 721 g/mol. The Morgan fingerprint density at radius 2 is 1.53 bits per heavy atom. The number of nitrogens with one attached hydrogen (secondary N) is 1. The zero-order chi connectivity index (χ0) is 35.0. The SMILES string of the molecule is COc1ccc(N(CC(=O)N(Cc2ccc(Cl)c(Cl)c2)[C@H](Cc2ccccc2)C(=O)NC2CCCCC2)S(=O)(=O)c2ccc(C)cc2)cc1. The van der Waals surface area contributed by atoms with Gasteiger partial charge in [0, 0.05) is 19.0 Å². The molecule has 0 aliphatic heterocycles. The van der Waals surface area contributed by atoms with Crippen LogP contribution in [0.3, 0.4) is 0 Å². The summed E-state index contributed by atoms with van der Waals surface area (Å²) in [6.45, 7) is 1.30. The number of nitrogens with zero attached hydrogens (tertiary/aromatic N) is 2. The minimum absolute atomic E-state index is 0.000774. The molecule has 2 amide bonds. The summed E-state index contributed by atoms with van der Waals surface area (Å²) in [5, 5.41) is 3.87. The van der Waals surface area contributed by atoms with Gasteiger partial charge in [-0.25, -0.2) is 8.42 Å². The first-order valence-electron chi connectivity index (χ1n) is 16.4. The minimum atomic E-state index is -4.23. The van der Waals surface area contributed by atoms with E-state index in [2.05, 4.69) is 5.32 Å². The summed E-state index contributed by atoms with van der Waals surface area (Å²) in [5.41, 5.74) is 2.67. The van der Waals surface area contributed by atoms with Gasteiger partial charge in [-0.3, -0.25) is 13.9 Å². The molecule has 1 aliphatic rings. The molecule has 4 aromatic rings. The third-order valence-corrected chi connectivity index (χ3v) is 11.3. The molecule has 1 aliphatic carbocycles. The number of methoxy groups -OCH3 is 1. The molecule has 11 heteroatoms. The topological polar surface area (TPSA) is 96.0 Å². The number of sulfonamides is 1. The van der Waals surface area contributed by atoms with Gasteiger partial charge in [-0.1, -0.05) is 96.6 Å². The van der Waals surface area contributed by atoms with Gasteiger partial charge < -0.3 is 15.0 Å². The number of carbonyl (C=O) groups excluding carboxylic acids is 2. The van der Waals surface area contributed by atoms with Crippen molar-refractivity contribution in [2.45, 2.75) is 69.0 Å². The maximum Gasteiger partial charge on any atom is 0.264 e. The average molecular weight is 723 g/mol. The van der Waals surface area contributed by atoms with E-state index in [4.69, 9.17) is 27.9 Å². The van der Waals surface area contributed by atoms with Crippen molar-refractivity contribution in [3.8, 4) is 5.75 Å². The lowest BCUT2D eigenvalue weighted by molar-refractivity contribution is -0.140. The first-order valence-corrected chi connectivity index (χ1v) is 18.6. The van der Waals surface area contributed by atoms with Gasteiger partial charge in [0.15, 0.2) is 0 Å². The summed E-state index contributed by atoms with van der Waals surface area (Å²) in [6.07, 6.45) is 5.12. The van der Waals surface area contributed by atoms with Crippen molar-refractivity contribution in [1.82, 2.24) is 10.2 Å². The van der Waals surface area contributed by atoms with Gasteiger partial charge in [-0.05, 0) is 79.4 Å². The maximum atomic E-state index is 14.7. The zero-order valence-corrected chi connectivity index (χ0v) is 30.0. The summed E-state index contributed by atoms with van der Waals surface area (Å²) in [7, 11) is -2.71. The lowest BCUT2D eigenvalue weighted by Crippen LogP contribution is -2.55. The summed E-state index contributed by atoms with van der Waals surface area (Å²) in [6, 6.07) is 26.5. The smallest absolute Gasteiger partial charge is 0.264 e. The summed E-state index contributed by atoms with van der Waals surface area (Å²) in [5.74, 6) is -0.315. The highest BCUT2D eigenvalue weighted by atomic mass is 35.5. The Balaban J connectivity index is 1.57. The molecule has 1 fully saturated rings. The van der Waals surface area contributed by atoms with Crippen LogP contribution in [0.1, 0.15) is 48.8 Å². The molecule has 5 rings (SSSR count). The second-order valence-corrected chi connectivity index (χ2v) is 15.0. The highest BCUT2D eigenvalue weighted by molar-refractivity contribution is 7.92. The number of anilines is 1. The van der Waals surface area contributed by atoms with Gasteiger partial charge in [0.05, 0.1) is 27.7 Å². The van der Waals surface area contributed by atoms with Gasteiger partial charge in [0.2, 0.25) is 11.8 Å². The molecule has 0 radical (unpaired) electrons. The van der Waals surface area contributed by atoms with Crippen LogP contribution in [-0.4, -0.2) is 50.9 Å². The second-order valence-electron chi connectivity index (χ2n) is 12.3. The molecular weight excluding hydrogens is 681 g/mol. The Kier molecular flexibility index (Phi) is 12.3. The van der Waals surface area contributed by atoms with Crippen LogP contribution in [-0.2, 0) is 32.6 Å². The highest BCUT2D eigenvalue weighted by Crippen LogP contribution is 2.29. The number of rotatable bonds is 13. The van der Waals surface area contributed by atoms with Crippen molar-refractivity contribution in [2.24, 2.45) is 0 Å². The molecule has 0 saturated heterocycles. The molecule has 1 saturated carbocycles. The lowest BCUT2D eigenvalue weighted by Gasteiger charge is -2.35. The van der Waals surface area contributed by atoms with Crippen LogP contribution in [0.25, 0.3) is 0 Å². The fourth-order valence-corrected chi connectivity index (χ4v) is 7.78. The van der Waals surface area contributed by atoms with Crippen molar-refractivity contribution in [2.75, 3.05) is 18.0 Å². The van der Waals surface area contributed by atoms with Crippen LogP contribution in [0, 0.1) is 6.92 Å². The quantitative estimate of drug-likeness (QED) is 0.154. The molecule has 1 N–H and O–H groups in total. The van der Waals surface area contributed by atoms with Gasteiger partial charge in [-0.2, -0.15) is 0 Å². The van der Waals surface area contributed by atoms with Crippen LogP contribution in [0.2, 0.25) is 10.0 Å². The van der Waals surface area contributed by atoms with E-state index in [9.17, 15) is 18.0 Å². The summed E-state index contributed by atoms with van der Waals surface area (Å²) < 4.78 is 34.9. The predicted molar refractivity (Wildman–Crippen MR) is 195 cm³/mol. The number of hydrogen-bond acceptors (Lipinski definition) is 5. The Hall–Kier alpha value is -4.05. The van der Waals surface area contributed by atoms with Gasteiger partial charge in [0.25, 0.3) is 10.0 Å². The van der Waals surface area contributed by atoms with Crippen molar-refractivity contribution in [1.29, 1.82) is 0 Å². The Morgan fingerprint density at radius 1 is 0.857 bits per heavy atom. The number of halogens is 2. The largest absolute Gasteiger partial charge is 0.497 e. The first kappa shape index (κ1) is 36.2. The van der Waals surface area contributed by atoms with Crippen molar-refractivity contribution in [3.05, 3.63) is 124 Å². The van der Waals surface area contributed by atoms with E-state index < -0.39 is 28.5 Å². The van der Waals surface area contributed by atoms with E-state index in [0.29, 0.717) is 21.4 Å². The normalized spacial score (nSPS) is 14.1. The first-order chi connectivity index (χ1) is 23.5. The Labute approximate surface area is 299 Å².